The van der Waals surface area contributed by atoms with Crippen molar-refractivity contribution in [1.29, 1.82) is 0 Å². The highest BCUT2D eigenvalue weighted by Gasteiger charge is 2.61. The van der Waals surface area contributed by atoms with Gasteiger partial charge in [0.1, 0.15) is 5.75 Å². The van der Waals surface area contributed by atoms with Crippen LogP contribution in [0.5, 0.6) is 5.75 Å². The summed E-state index contributed by atoms with van der Waals surface area (Å²) in [5, 5.41) is 0. The van der Waals surface area contributed by atoms with E-state index in [0.717, 1.165) is 24.8 Å². The molecule has 1 aliphatic heterocycles. The summed E-state index contributed by atoms with van der Waals surface area (Å²) in [5.74, 6) is 0.298. The monoisotopic (exact) mass is 375 g/mol. The molecule has 0 spiro atoms. The average Bonchev–Trinajstić information content (AvgIpc) is 3.37. The highest BCUT2D eigenvalue weighted by molar-refractivity contribution is 6.22. The number of fused-ring (bicyclic) bond motifs is 5. The standard InChI is InChI=1S/C23H21NO4/c1-13-4-2-3-5-18(13)23(27)28-17-10-8-16(9-11-17)24-21(25)19-14-6-7-15(12-14)20(19)22(24)26/h2-5,8-11,14-15,19-20H,6-7,12H2,1H3/t14-,15+,19-,20+. The van der Waals surface area contributed by atoms with Gasteiger partial charge in [-0.1, -0.05) is 18.2 Å². The number of hydrogen-bond acceptors (Lipinski definition) is 4. The maximum Gasteiger partial charge on any atom is 0.343 e. The number of benzene rings is 2. The van der Waals surface area contributed by atoms with Crippen LogP contribution in [0.2, 0.25) is 0 Å². The van der Waals surface area contributed by atoms with Crippen molar-refractivity contribution in [2.45, 2.75) is 26.2 Å². The highest BCUT2D eigenvalue weighted by atomic mass is 16.5. The van der Waals surface area contributed by atoms with Gasteiger partial charge in [-0.3, -0.25) is 14.5 Å². The fourth-order valence-corrected chi connectivity index (χ4v) is 5.29. The summed E-state index contributed by atoms with van der Waals surface area (Å²) < 4.78 is 5.44. The Morgan fingerprint density at radius 2 is 1.54 bits per heavy atom. The van der Waals surface area contributed by atoms with E-state index in [0.29, 0.717) is 28.8 Å². The van der Waals surface area contributed by atoms with E-state index in [1.54, 1.807) is 36.4 Å². The zero-order chi connectivity index (χ0) is 19.4. The summed E-state index contributed by atoms with van der Waals surface area (Å²) in [6, 6.07) is 13.9. The second-order valence-electron chi connectivity index (χ2n) is 8.10. The number of carbonyl (C=O) groups excluding carboxylic acids is 3. The van der Waals surface area contributed by atoms with Crippen LogP contribution in [-0.2, 0) is 9.59 Å². The van der Waals surface area contributed by atoms with E-state index in [2.05, 4.69) is 0 Å². The summed E-state index contributed by atoms with van der Waals surface area (Å²) >= 11 is 0. The number of nitrogens with zero attached hydrogens (tertiary/aromatic N) is 1. The molecule has 0 unspecified atom stereocenters. The number of esters is 1. The minimum Gasteiger partial charge on any atom is -0.423 e. The normalized spacial score (nSPS) is 28.0. The molecule has 28 heavy (non-hydrogen) atoms. The van der Waals surface area contributed by atoms with E-state index in [1.807, 2.05) is 19.1 Å². The molecule has 1 heterocycles. The van der Waals surface area contributed by atoms with Gasteiger partial charge in [-0.2, -0.15) is 0 Å². The molecule has 5 rings (SSSR count). The molecule has 3 fully saturated rings. The lowest BCUT2D eigenvalue weighted by atomic mass is 9.81. The first-order valence-electron chi connectivity index (χ1n) is 9.80. The molecular formula is C23H21NO4. The zero-order valence-corrected chi connectivity index (χ0v) is 15.6. The minimum absolute atomic E-state index is 0.0631. The molecular weight excluding hydrogens is 354 g/mol. The van der Waals surface area contributed by atoms with Crippen LogP contribution in [0.25, 0.3) is 0 Å². The molecule has 2 aliphatic carbocycles. The van der Waals surface area contributed by atoms with E-state index in [9.17, 15) is 14.4 Å². The van der Waals surface area contributed by atoms with Crippen molar-refractivity contribution in [3.8, 4) is 5.75 Å². The first-order chi connectivity index (χ1) is 13.5. The van der Waals surface area contributed by atoms with Crippen molar-refractivity contribution in [2.24, 2.45) is 23.7 Å². The van der Waals surface area contributed by atoms with Gasteiger partial charge >= 0.3 is 5.97 Å². The number of carbonyl (C=O) groups is 3. The van der Waals surface area contributed by atoms with E-state index < -0.39 is 5.97 Å². The number of aryl methyl sites for hydroxylation is 1. The molecule has 2 aromatic rings. The predicted octanol–water partition coefficient (Wildman–Crippen LogP) is 3.75. The van der Waals surface area contributed by atoms with Crippen LogP contribution in [0.4, 0.5) is 5.69 Å². The van der Waals surface area contributed by atoms with Gasteiger partial charge in [0.25, 0.3) is 0 Å². The SMILES string of the molecule is Cc1ccccc1C(=O)Oc1ccc(N2C(=O)[C@@H]3[C@@H]4CC[C@@H](C4)[C@@H]3C2=O)cc1. The van der Waals surface area contributed by atoms with Crippen LogP contribution in [0.3, 0.4) is 0 Å². The lowest BCUT2D eigenvalue weighted by Crippen LogP contribution is -2.32. The molecule has 0 N–H and O–H groups in total. The molecule has 3 aliphatic rings. The summed E-state index contributed by atoms with van der Waals surface area (Å²) in [6.07, 6.45) is 3.15. The van der Waals surface area contributed by atoms with E-state index in [-0.39, 0.29) is 23.7 Å². The summed E-state index contributed by atoms with van der Waals surface area (Å²) in [5.41, 5.74) is 1.91. The predicted molar refractivity (Wildman–Crippen MR) is 103 cm³/mol. The van der Waals surface area contributed by atoms with E-state index in [1.165, 1.54) is 4.90 Å². The summed E-state index contributed by atoms with van der Waals surface area (Å²) in [7, 11) is 0. The van der Waals surface area contributed by atoms with Crippen LogP contribution in [-0.4, -0.2) is 17.8 Å². The van der Waals surface area contributed by atoms with Gasteiger partial charge in [-0.25, -0.2) is 4.79 Å². The van der Waals surface area contributed by atoms with Crippen LogP contribution in [0.15, 0.2) is 48.5 Å². The van der Waals surface area contributed by atoms with Gasteiger partial charge < -0.3 is 4.74 Å². The first kappa shape index (κ1) is 17.2. The number of rotatable bonds is 3. The smallest absolute Gasteiger partial charge is 0.343 e. The Hall–Kier alpha value is -2.95. The lowest BCUT2D eigenvalue weighted by molar-refractivity contribution is -0.123. The first-order valence-corrected chi connectivity index (χ1v) is 9.80. The molecule has 0 radical (unpaired) electrons. The number of anilines is 1. The van der Waals surface area contributed by atoms with Gasteiger partial charge in [-0.05, 0) is 73.9 Å². The quantitative estimate of drug-likeness (QED) is 0.466. The third-order valence-electron chi connectivity index (χ3n) is 6.60. The third kappa shape index (κ3) is 2.49. The summed E-state index contributed by atoms with van der Waals surface area (Å²) in [4.78, 5) is 39.5. The maximum absolute atomic E-state index is 12.9. The zero-order valence-electron chi connectivity index (χ0n) is 15.6. The van der Waals surface area contributed by atoms with Crippen molar-refractivity contribution in [3.05, 3.63) is 59.7 Å². The maximum atomic E-state index is 12.9. The van der Waals surface area contributed by atoms with Crippen LogP contribution >= 0.6 is 0 Å². The molecule has 2 aromatic carbocycles. The van der Waals surface area contributed by atoms with Crippen molar-refractivity contribution < 1.29 is 19.1 Å². The Kier molecular flexibility index (Phi) is 3.86. The molecule has 1 saturated heterocycles. The molecule has 5 nitrogen and oxygen atoms in total. The second kappa shape index (κ2) is 6.30. The Morgan fingerprint density at radius 3 is 2.14 bits per heavy atom. The van der Waals surface area contributed by atoms with Gasteiger partial charge in [0.15, 0.2) is 0 Å². The van der Waals surface area contributed by atoms with Crippen molar-refractivity contribution >= 4 is 23.5 Å². The van der Waals surface area contributed by atoms with Gasteiger partial charge in [-0.15, -0.1) is 0 Å². The third-order valence-corrected chi connectivity index (χ3v) is 6.60. The van der Waals surface area contributed by atoms with Crippen molar-refractivity contribution in [2.75, 3.05) is 4.90 Å². The van der Waals surface area contributed by atoms with E-state index in [4.69, 9.17) is 4.74 Å². The lowest BCUT2D eigenvalue weighted by Gasteiger charge is -2.19. The molecule has 2 amide bonds. The molecule has 5 heteroatoms. The van der Waals surface area contributed by atoms with E-state index >= 15 is 0 Å². The second-order valence-corrected chi connectivity index (χ2v) is 8.10. The Bertz CT molecular complexity index is 952. The number of hydrogen-bond donors (Lipinski definition) is 0. The Labute approximate surface area is 163 Å². The largest absolute Gasteiger partial charge is 0.423 e. The summed E-state index contributed by atoms with van der Waals surface area (Å²) in [6.45, 7) is 1.86. The van der Waals surface area contributed by atoms with Crippen LogP contribution in [0, 0.1) is 30.6 Å². The van der Waals surface area contributed by atoms with Gasteiger partial charge in [0.2, 0.25) is 11.8 Å². The van der Waals surface area contributed by atoms with Crippen molar-refractivity contribution in [3.63, 3.8) is 0 Å². The molecule has 2 saturated carbocycles. The molecule has 0 aromatic heterocycles. The van der Waals surface area contributed by atoms with Crippen LogP contribution < -0.4 is 9.64 Å². The minimum atomic E-state index is -0.426. The Morgan fingerprint density at radius 1 is 0.929 bits per heavy atom. The Balaban J connectivity index is 1.35. The number of ether oxygens (including phenoxy) is 1. The van der Waals surface area contributed by atoms with Crippen molar-refractivity contribution in [1.82, 2.24) is 0 Å². The number of amides is 2. The van der Waals surface area contributed by atoms with Gasteiger partial charge in [0, 0.05) is 0 Å². The fraction of sp³-hybridized carbons (Fsp3) is 0.348. The topological polar surface area (TPSA) is 63.7 Å². The molecule has 142 valence electrons. The van der Waals surface area contributed by atoms with Crippen LogP contribution in [0.1, 0.15) is 35.2 Å². The fourth-order valence-electron chi connectivity index (χ4n) is 5.29. The molecule has 4 atom stereocenters. The highest BCUT2D eigenvalue weighted by Crippen LogP contribution is 2.56. The molecule has 2 bridgehead atoms. The number of imide groups is 1. The van der Waals surface area contributed by atoms with Gasteiger partial charge in [0.05, 0.1) is 23.1 Å². The average molecular weight is 375 g/mol.